The molecule has 0 bridgehead atoms. The third-order valence-electron chi connectivity index (χ3n) is 4.85. The average Bonchev–Trinajstić information content (AvgIpc) is 3.15. The fraction of sp³-hybridized carbons (Fsp3) is 0.684. The molecule has 1 heterocycles. The second kappa shape index (κ2) is 11.6. The molecule has 1 aromatic heterocycles. The Hall–Kier alpha value is -2.36. The zero-order valence-corrected chi connectivity index (χ0v) is 18.2. The van der Waals surface area contributed by atoms with Gasteiger partial charge in [-0.05, 0) is 25.2 Å². The van der Waals surface area contributed by atoms with Gasteiger partial charge in [-0.25, -0.2) is 19.4 Å². The maximum Gasteiger partial charge on any atom is 0.360 e. The van der Waals surface area contributed by atoms with Crippen molar-refractivity contribution < 1.29 is 19.1 Å². The summed E-state index contributed by atoms with van der Waals surface area (Å²) in [5, 5.41) is 8.34. The lowest BCUT2D eigenvalue weighted by Crippen LogP contribution is -2.41. The van der Waals surface area contributed by atoms with Gasteiger partial charge in [0.05, 0.1) is 6.61 Å². The molecule has 3 N–H and O–H groups in total. The van der Waals surface area contributed by atoms with Crippen molar-refractivity contribution in [1.82, 2.24) is 15.6 Å². The number of hydrogen-bond donors (Lipinski definition) is 3. The van der Waals surface area contributed by atoms with Crippen molar-refractivity contribution >= 4 is 39.5 Å². The second-order valence-electron chi connectivity index (χ2n) is 7.04. The molecule has 2 rings (SSSR count). The van der Waals surface area contributed by atoms with Gasteiger partial charge in [-0.15, -0.1) is 0 Å². The minimum atomic E-state index is -0.609. The van der Waals surface area contributed by atoms with E-state index in [-0.39, 0.29) is 23.3 Å². The number of rotatable bonds is 8. The summed E-state index contributed by atoms with van der Waals surface area (Å²) in [5.74, 6) is -0.220. The van der Waals surface area contributed by atoms with Crippen LogP contribution in [0, 0.1) is 5.92 Å². The first-order chi connectivity index (χ1) is 14.0. The molecule has 9 nitrogen and oxygen atoms in total. The lowest BCUT2D eigenvalue weighted by Gasteiger charge is -2.27. The molecule has 0 unspecified atom stereocenters. The summed E-state index contributed by atoms with van der Waals surface area (Å²) in [4.78, 5) is 42.8. The quantitative estimate of drug-likeness (QED) is 0.435. The summed E-state index contributed by atoms with van der Waals surface area (Å²) in [6, 6.07) is -0.761. The number of thiazole rings is 1. The van der Waals surface area contributed by atoms with Crippen LogP contribution in [0.3, 0.4) is 0 Å². The van der Waals surface area contributed by atoms with Gasteiger partial charge in [0.2, 0.25) is 0 Å². The van der Waals surface area contributed by atoms with Gasteiger partial charge >= 0.3 is 18.0 Å². The number of unbranched alkanes of at least 4 members (excludes halogenated alkanes) is 1. The molecule has 0 atom stereocenters. The van der Waals surface area contributed by atoms with Crippen LogP contribution in [0.15, 0.2) is 0 Å². The molecule has 10 heteroatoms. The van der Waals surface area contributed by atoms with Crippen molar-refractivity contribution in [3.8, 4) is 0 Å². The molecule has 0 aliphatic heterocycles. The van der Waals surface area contributed by atoms with Crippen LogP contribution in [-0.4, -0.2) is 50.3 Å². The lowest BCUT2D eigenvalue weighted by atomic mass is 9.89. The average molecular weight is 426 g/mol. The van der Waals surface area contributed by atoms with Gasteiger partial charge in [0, 0.05) is 20.6 Å². The van der Waals surface area contributed by atoms with Crippen LogP contribution in [0.25, 0.3) is 0 Å². The highest BCUT2D eigenvalue weighted by Crippen LogP contribution is 2.34. The number of nitrogens with zero attached hydrogens (tertiary/aromatic N) is 2. The number of amides is 4. The molecule has 29 heavy (non-hydrogen) atoms. The number of anilines is 2. The highest BCUT2D eigenvalue weighted by molar-refractivity contribution is 7.20. The third-order valence-corrected chi connectivity index (χ3v) is 5.84. The summed E-state index contributed by atoms with van der Waals surface area (Å²) in [5.41, 5.74) is 0.0160. The van der Waals surface area contributed by atoms with Gasteiger partial charge in [-0.3, -0.25) is 10.2 Å². The molecular formula is C19H31N5O4S. The first-order valence-electron chi connectivity index (χ1n) is 10.2. The van der Waals surface area contributed by atoms with Gasteiger partial charge < -0.3 is 15.4 Å². The van der Waals surface area contributed by atoms with Crippen LogP contribution in [0.5, 0.6) is 0 Å². The van der Waals surface area contributed by atoms with E-state index in [1.165, 1.54) is 13.5 Å². The molecule has 0 aromatic carbocycles. The maximum atomic E-state index is 12.5. The Balaban J connectivity index is 2.28. The van der Waals surface area contributed by atoms with Crippen LogP contribution in [0.4, 0.5) is 19.7 Å². The number of ether oxygens (including phenoxy) is 1. The van der Waals surface area contributed by atoms with E-state index in [2.05, 4.69) is 20.9 Å². The van der Waals surface area contributed by atoms with E-state index in [4.69, 9.17) is 4.74 Å². The van der Waals surface area contributed by atoms with Crippen LogP contribution < -0.4 is 20.9 Å². The molecule has 0 spiro atoms. The summed E-state index contributed by atoms with van der Waals surface area (Å²) in [6.07, 6.45) is 7.30. The molecule has 1 aliphatic rings. The van der Waals surface area contributed by atoms with Gasteiger partial charge in [-0.1, -0.05) is 43.9 Å². The number of esters is 1. The van der Waals surface area contributed by atoms with Gasteiger partial charge in [0.25, 0.3) is 0 Å². The molecule has 1 fully saturated rings. The molecule has 4 amide bonds. The van der Waals surface area contributed by atoms with E-state index in [0.29, 0.717) is 17.6 Å². The van der Waals surface area contributed by atoms with E-state index in [1.807, 2.05) is 6.92 Å². The smallest absolute Gasteiger partial charge is 0.360 e. The molecule has 0 saturated heterocycles. The second-order valence-corrected chi connectivity index (χ2v) is 8.02. The van der Waals surface area contributed by atoms with Crippen molar-refractivity contribution in [2.75, 3.05) is 37.5 Å². The maximum absolute atomic E-state index is 12.5. The number of hydrogen-bond acceptors (Lipinski definition) is 6. The lowest BCUT2D eigenvalue weighted by molar-refractivity contribution is 0.0495. The fourth-order valence-corrected chi connectivity index (χ4v) is 4.16. The number of nitrogens with one attached hydrogen (secondary N) is 3. The largest absolute Gasteiger partial charge is 0.461 e. The van der Waals surface area contributed by atoms with Crippen LogP contribution in [0.2, 0.25) is 0 Å². The standard InChI is InChI=1S/C19H31N5O4S/c1-4-5-11-28-16(25)14-15(23-17(26)20-2)29-19(22-14)24(18(27)21-3)12-13-9-7-6-8-10-13/h13H,4-12H2,1-3H3,(H,21,27)(H2,20,23,26). The first kappa shape index (κ1) is 22.9. The minimum absolute atomic E-state index is 0.0160. The van der Waals surface area contributed by atoms with Crippen LogP contribution in [0.1, 0.15) is 62.4 Å². The van der Waals surface area contributed by atoms with Crippen molar-refractivity contribution in [3.63, 3.8) is 0 Å². The monoisotopic (exact) mass is 425 g/mol. The van der Waals surface area contributed by atoms with Crippen LogP contribution in [-0.2, 0) is 4.74 Å². The van der Waals surface area contributed by atoms with Gasteiger partial charge in [-0.2, -0.15) is 0 Å². The summed E-state index contributed by atoms with van der Waals surface area (Å²) in [6.45, 7) is 2.81. The van der Waals surface area contributed by atoms with Gasteiger partial charge in [0.1, 0.15) is 5.00 Å². The highest BCUT2D eigenvalue weighted by Gasteiger charge is 2.28. The SMILES string of the molecule is CCCCOC(=O)c1nc(N(CC2CCCCC2)C(=O)NC)sc1NC(=O)NC. The molecule has 162 valence electrons. The Morgan fingerprint density at radius 2 is 1.90 bits per heavy atom. The Morgan fingerprint density at radius 1 is 1.17 bits per heavy atom. The van der Waals surface area contributed by atoms with Crippen molar-refractivity contribution in [3.05, 3.63) is 5.69 Å². The van der Waals surface area contributed by atoms with Crippen LogP contribution >= 0.6 is 11.3 Å². The number of urea groups is 2. The number of aromatic nitrogens is 1. The molecule has 1 aliphatic carbocycles. The van der Waals surface area contributed by atoms with Crippen molar-refractivity contribution in [2.24, 2.45) is 5.92 Å². The summed E-state index contributed by atoms with van der Waals surface area (Å²) >= 11 is 1.09. The van der Waals surface area contributed by atoms with Crippen molar-refractivity contribution in [2.45, 2.75) is 51.9 Å². The predicted molar refractivity (Wildman–Crippen MR) is 114 cm³/mol. The normalized spacial score (nSPS) is 14.2. The van der Waals surface area contributed by atoms with E-state index in [9.17, 15) is 14.4 Å². The Bertz CT molecular complexity index is 703. The van der Waals surface area contributed by atoms with Gasteiger partial charge in [0.15, 0.2) is 10.8 Å². The summed E-state index contributed by atoms with van der Waals surface area (Å²) < 4.78 is 5.27. The number of carbonyl (C=O) groups is 3. The Morgan fingerprint density at radius 3 is 2.52 bits per heavy atom. The summed E-state index contributed by atoms with van der Waals surface area (Å²) in [7, 11) is 3.05. The minimum Gasteiger partial charge on any atom is -0.461 e. The molecule has 1 aromatic rings. The Kier molecular flexibility index (Phi) is 9.17. The molecular weight excluding hydrogens is 394 g/mol. The third kappa shape index (κ3) is 6.59. The van der Waals surface area contributed by atoms with E-state index in [0.717, 1.165) is 49.9 Å². The first-order valence-corrected chi connectivity index (χ1v) is 11.0. The zero-order valence-electron chi connectivity index (χ0n) is 17.4. The van der Waals surface area contributed by atoms with Crippen molar-refractivity contribution in [1.29, 1.82) is 0 Å². The molecule has 1 saturated carbocycles. The molecule has 0 radical (unpaired) electrons. The van der Waals surface area contributed by atoms with E-state index >= 15 is 0 Å². The van der Waals surface area contributed by atoms with E-state index in [1.54, 1.807) is 11.9 Å². The van der Waals surface area contributed by atoms with E-state index < -0.39 is 12.0 Å². The number of carbonyl (C=O) groups excluding carboxylic acids is 3. The zero-order chi connectivity index (χ0) is 21.2. The Labute approximate surface area is 175 Å². The predicted octanol–water partition coefficient (Wildman–Crippen LogP) is 3.58. The topological polar surface area (TPSA) is 113 Å². The fourth-order valence-electron chi connectivity index (χ4n) is 3.20. The highest BCUT2D eigenvalue weighted by atomic mass is 32.1.